The standard InChI is InChI=1S/C31H36FNO5/c1-17-9-22(37-8-7-31(3,4)36)10-18(2)29(17)19-5-6-26(32)21(11-19)16-38-27-13-20-12-23-24(14-28(34)35)30(23)25(20)15-33-27/h5-6,9-11,13,15,23-25,27,30,36H,7-8,12,14,16H2,1-4H3,(H,34,35). The summed E-state index contributed by atoms with van der Waals surface area (Å²) in [6, 6.07) is 9.04. The van der Waals surface area contributed by atoms with Gasteiger partial charge in [0.05, 0.1) is 18.8 Å². The van der Waals surface area contributed by atoms with Crippen LogP contribution in [0, 0.1) is 43.3 Å². The molecule has 0 saturated heterocycles. The second-order valence-corrected chi connectivity index (χ2v) is 11.6. The minimum atomic E-state index is -0.778. The maximum atomic E-state index is 14.7. The maximum Gasteiger partial charge on any atom is 0.303 e. The third-order valence-corrected chi connectivity index (χ3v) is 8.11. The minimum Gasteiger partial charge on any atom is -0.493 e. The smallest absolute Gasteiger partial charge is 0.303 e. The third-order valence-electron chi connectivity index (χ3n) is 8.11. The van der Waals surface area contributed by atoms with E-state index in [9.17, 15) is 14.3 Å². The van der Waals surface area contributed by atoms with E-state index in [4.69, 9.17) is 14.6 Å². The Morgan fingerprint density at radius 1 is 1.18 bits per heavy atom. The van der Waals surface area contributed by atoms with Gasteiger partial charge in [-0.15, -0.1) is 0 Å². The maximum absolute atomic E-state index is 14.7. The van der Waals surface area contributed by atoms with Crippen LogP contribution in [0.15, 0.2) is 47.0 Å². The third kappa shape index (κ3) is 5.69. The SMILES string of the molecule is Cc1cc(OCCC(C)(C)O)cc(C)c1-c1ccc(F)c(COC2C=C3CC4C(CC(=O)O)C4C3C=N2)c1. The summed E-state index contributed by atoms with van der Waals surface area (Å²) in [5, 5.41) is 19.0. The lowest BCUT2D eigenvalue weighted by atomic mass is 9.92. The van der Waals surface area contributed by atoms with E-state index in [-0.39, 0.29) is 30.7 Å². The predicted octanol–water partition coefficient (Wildman–Crippen LogP) is 5.86. The number of aliphatic imine (C=N–C) groups is 1. The van der Waals surface area contributed by atoms with Gasteiger partial charge in [0.15, 0.2) is 6.23 Å². The molecule has 6 nitrogen and oxygen atoms in total. The summed E-state index contributed by atoms with van der Waals surface area (Å²) in [4.78, 5) is 15.6. The molecule has 2 aliphatic carbocycles. The van der Waals surface area contributed by atoms with E-state index in [1.165, 1.54) is 11.6 Å². The Morgan fingerprint density at radius 3 is 2.61 bits per heavy atom. The largest absolute Gasteiger partial charge is 0.493 e. The molecule has 0 bridgehead atoms. The van der Waals surface area contributed by atoms with Crippen LogP contribution in [0.2, 0.25) is 0 Å². The van der Waals surface area contributed by atoms with Crippen molar-refractivity contribution in [3.05, 3.63) is 64.5 Å². The summed E-state index contributed by atoms with van der Waals surface area (Å²) >= 11 is 0. The molecule has 0 radical (unpaired) electrons. The van der Waals surface area contributed by atoms with Crippen molar-refractivity contribution in [3.8, 4) is 16.9 Å². The second kappa shape index (κ2) is 10.3. The van der Waals surface area contributed by atoms with Crippen LogP contribution in [0.1, 0.15) is 49.8 Å². The fraction of sp³-hybridized carbons (Fsp3) is 0.484. The number of halogens is 1. The summed E-state index contributed by atoms with van der Waals surface area (Å²) in [6.07, 6.45) is 5.16. The molecule has 5 rings (SSSR count). The lowest BCUT2D eigenvalue weighted by Crippen LogP contribution is -2.21. The van der Waals surface area contributed by atoms with Crippen molar-refractivity contribution < 1.29 is 28.9 Å². The van der Waals surface area contributed by atoms with Crippen molar-refractivity contribution in [3.63, 3.8) is 0 Å². The molecule has 2 saturated carbocycles. The summed E-state index contributed by atoms with van der Waals surface area (Å²) in [5.74, 6) is 1.00. The number of carbonyl (C=O) groups is 1. The molecule has 202 valence electrons. The Morgan fingerprint density at radius 2 is 1.92 bits per heavy atom. The molecule has 1 aliphatic heterocycles. The molecule has 7 heteroatoms. The van der Waals surface area contributed by atoms with Crippen LogP contribution in [-0.4, -0.2) is 40.8 Å². The normalized spacial score (nSPS) is 25.5. The van der Waals surface area contributed by atoms with Gasteiger partial charge in [-0.1, -0.05) is 11.6 Å². The van der Waals surface area contributed by atoms with E-state index >= 15 is 0 Å². The summed E-state index contributed by atoms with van der Waals surface area (Å²) < 4.78 is 26.6. The number of fused-ring (bicyclic) bond motifs is 3. The highest BCUT2D eigenvalue weighted by Crippen LogP contribution is 2.63. The number of aliphatic carboxylic acids is 1. The molecule has 0 spiro atoms. The fourth-order valence-electron chi connectivity index (χ4n) is 6.21. The summed E-state index contributed by atoms with van der Waals surface area (Å²) in [7, 11) is 0. The van der Waals surface area contributed by atoms with Gasteiger partial charge in [0.1, 0.15) is 11.6 Å². The van der Waals surface area contributed by atoms with Gasteiger partial charge < -0.3 is 19.7 Å². The van der Waals surface area contributed by atoms with E-state index in [0.29, 0.717) is 30.4 Å². The Bertz CT molecular complexity index is 1270. The van der Waals surface area contributed by atoms with Gasteiger partial charge in [-0.05, 0) is 104 Å². The van der Waals surface area contributed by atoms with Crippen molar-refractivity contribution in [2.75, 3.05) is 6.61 Å². The van der Waals surface area contributed by atoms with E-state index < -0.39 is 17.8 Å². The quantitative estimate of drug-likeness (QED) is 0.383. The first-order chi connectivity index (χ1) is 18.0. The van der Waals surface area contributed by atoms with Gasteiger partial charge >= 0.3 is 5.97 Å². The molecule has 2 aromatic carbocycles. The first kappa shape index (κ1) is 26.6. The summed E-state index contributed by atoms with van der Waals surface area (Å²) in [6.45, 7) is 8.06. The van der Waals surface area contributed by atoms with Crippen molar-refractivity contribution in [2.45, 2.75) is 65.4 Å². The molecule has 0 aromatic heterocycles. The lowest BCUT2D eigenvalue weighted by Gasteiger charge is -2.21. The average molecular weight is 522 g/mol. The number of carboxylic acid groups (broad SMARTS) is 1. The van der Waals surface area contributed by atoms with E-state index in [1.807, 2.05) is 44.3 Å². The van der Waals surface area contributed by atoms with Crippen molar-refractivity contribution in [2.24, 2.45) is 28.7 Å². The van der Waals surface area contributed by atoms with E-state index in [0.717, 1.165) is 34.4 Å². The lowest BCUT2D eigenvalue weighted by molar-refractivity contribution is -0.137. The molecule has 1 heterocycles. The van der Waals surface area contributed by atoms with Crippen LogP contribution in [-0.2, 0) is 16.1 Å². The fourth-order valence-corrected chi connectivity index (χ4v) is 6.21. The Hall–Kier alpha value is -3.03. The highest BCUT2D eigenvalue weighted by atomic mass is 19.1. The zero-order valence-electron chi connectivity index (χ0n) is 22.4. The van der Waals surface area contributed by atoms with Crippen LogP contribution in [0.5, 0.6) is 5.75 Å². The number of ether oxygens (including phenoxy) is 2. The number of benzene rings is 2. The first-order valence-corrected chi connectivity index (χ1v) is 13.3. The Labute approximate surface area is 223 Å². The second-order valence-electron chi connectivity index (χ2n) is 11.6. The number of rotatable bonds is 10. The van der Waals surface area contributed by atoms with E-state index in [1.54, 1.807) is 19.9 Å². The number of nitrogens with zero attached hydrogens (tertiary/aromatic N) is 1. The zero-order chi connectivity index (χ0) is 27.2. The number of dihydropyridines is 1. The minimum absolute atomic E-state index is 0.0981. The number of carboxylic acids is 1. The van der Waals surface area contributed by atoms with Crippen molar-refractivity contribution >= 4 is 12.2 Å². The molecular weight excluding hydrogens is 485 g/mol. The molecule has 5 unspecified atom stereocenters. The Balaban J connectivity index is 1.23. The predicted molar refractivity (Wildman–Crippen MR) is 144 cm³/mol. The Kier molecular flexibility index (Phi) is 7.18. The number of aliphatic hydroxyl groups is 1. The number of hydrogen-bond acceptors (Lipinski definition) is 5. The number of aryl methyl sites for hydroxylation is 2. The molecule has 3 aliphatic rings. The topological polar surface area (TPSA) is 88.3 Å². The van der Waals surface area contributed by atoms with Gasteiger partial charge in [0.2, 0.25) is 0 Å². The highest BCUT2D eigenvalue weighted by Gasteiger charge is 2.60. The molecule has 2 aromatic rings. The summed E-state index contributed by atoms with van der Waals surface area (Å²) in [5.41, 5.74) is 4.95. The molecule has 5 atom stereocenters. The molecule has 2 fully saturated rings. The van der Waals surface area contributed by atoms with Gasteiger partial charge in [-0.2, -0.15) is 0 Å². The van der Waals surface area contributed by atoms with E-state index in [2.05, 4.69) is 4.99 Å². The van der Waals surface area contributed by atoms with Crippen molar-refractivity contribution in [1.82, 2.24) is 0 Å². The zero-order valence-corrected chi connectivity index (χ0v) is 22.4. The molecule has 2 N–H and O–H groups in total. The van der Waals surface area contributed by atoms with Gasteiger partial charge in [-0.3, -0.25) is 9.79 Å². The highest BCUT2D eigenvalue weighted by molar-refractivity contribution is 5.73. The average Bonchev–Trinajstić information content (AvgIpc) is 3.32. The van der Waals surface area contributed by atoms with Crippen LogP contribution in [0.25, 0.3) is 11.1 Å². The number of allylic oxidation sites excluding steroid dienone is 1. The van der Waals surface area contributed by atoms with Gasteiger partial charge in [-0.25, -0.2) is 4.39 Å². The van der Waals surface area contributed by atoms with Crippen LogP contribution in [0.4, 0.5) is 4.39 Å². The monoisotopic (exact) mass is 521 g/mol. The van der Waals surface area contributed by atoms with Gasteiger partial charge in [0, 0.05) is 30.5 Å². The van der Waals surface area contributed by atoms with Gasteiger partial charge in [0.25, 0.3) is 0 Å². The van der Waals surface area contributed by atoms with Crippen LogP contribution in [0.3, 0.4) is 0 Å². The van der Waals surface area contributed by atoms with Crippen molar-refractivity contribution in [1.29, 1.82) is 0 Å². The number of hydrogen-bond donors (Lipinski definition) is 2. The van der Waals surface area contributed by atoms with Crippen LogP contribution < -0.4 is 4.74 Å². The first-order valence-electron chi connectivity index (χ1n) is 13.3. The molecular formula is C31H36FNO5. The molecule has 38 heavy (non-hydrogen) atoms. The molecule has 0 amide bonds. The van der Waals surface area contributed by atoms with Crippen LogP contribution >= 0.6 is 0 Å².